The van der Waals surface area contributed by atoms with E-state index >= 15 is 0 Å². The van der Waals surface area contributed by atoms with Crippen molar-refractivity contribution in [2.75, 3.05) is 13.4 Å². The van der Waals surface area contributed by atoms with Crippen LogP contribution in [0.3, 0.4) is 0 Å². The molecule has 1 aromatic carbocycles. The van der Waals surface area contributed by atoms with Crippen molar-refractivity contribution in [1.29, 1.82) is 0 Å². The standard InChI is InChI=1S/C28H24N4O6S2/c1-5-35-26(34)23-16(4)31-28-32(24(23)17-6-8-19-20(11-17)37-13-36-19)25(33)21(39-28)12-18-7-9-22(38-18)40-27-29-14(2)10-15(3)30-27/h6-12,24H,5,13H2,1-4H3/b21-12+/t24-/m1/s1. The molecule has 5 heterocycles. The fraction of sp³-hybridized carbons (Fsp3) is 0.250. The van der Waals surface area contributed by atoms with Crippen molar-refractivity contribution < 1.29 is 23.4 Å². The first-order valence-electron chi connectivity index (χ1n) is 12.5. The van der Waals surface area contributed by atoms with E-state index in [0.717, 1.165) is 11.4 Å². The van der Waals surface area contributed by atoms with E-state index in [2.05, 4.69) is 15.0 Å². The zero-order valence-corrected chi connectivity index (χ0v) is 23.7. The fourth-order valence-electron chi connectivity index (χ4n) is 4.62. The van der Waals surface area contributed by atoms with Gasteiger partial charge in [-0.15, -0.1) is 0 Å². The molecule has 2 aliphatic rings. The summed E-state index contributed by atoms with van der Waals surface area (Å²) in [4.78, 5) is 40.9. The molecule has 0 spiro atoms. The SMILES string of the molecule is CCOC(=O)C1=C(C)N=c2s/c(=C/c3ccc(Sc4nc(C)cc(C)n4)o3)c(=O)n2[C@@H]1c1ccc2c(c1)OCO2. The van der Waals surface area contributed by atoms with Crippen molar-refractivity contribution in [3.8, 4) is 11.5 Å². The van der Waals surface area contributed by atoms with E-state index < -0.39 is 12.0 Å². The number of aryl methyl sites for hydroxylation is 2. The summed E-state index contributed by atoms with van der Waals surface area (Å²) in [7, 11) is 0. The van der Waals surface area contributed by atoms with E-state index in [1.165, 1.54) is 27.7 Å². The van der Waals surface area contributed by atoms with Crippen molar-refractivity contribution in [2.24, 2.45) is 4.99 Å². The lowest BCUT2D eigenvalue weighted by Gasteiger charge is -2.24. The van der Waals surface area contributed by atoms with E-state index in [1.807, 2.05) is 32.0 Å². The van der Waals surface area contributed by atoms with Gasteiger partial charge < -0.3 is 18.6 Å². The maximum absolute atomic E-state index is 13.8. The van der Waals surface area contributed by atoms with Gasteiger partial charge in [-0.3, -0.25) is 9.36 Å². The molecule has 0 radical (unpaired) electrons. The predicted octanol–water partition coefficient (Wildman–Crippen LogP) is 3.68. The van der Waals surface area contributed by atoms with Gasteiger partial charge in [0.1, 0.15) is 5.76 Å². The molecule has 40 heavy (non-hydrogen) atoms. The van der Waals surface area contributed by atoms with Crippen LogP contribution in [0, 0.1) is 13.8 Å². The first-order valence-corrected chi connectivity index (χ1v) is 14.1. The number of ether oxygens (including phenoxy) is 3. The van der Waals surface area contributed by atoms with E-state index in [-0.39, 0.29) is 19.0 Å². The highest BCUT2D eigenvalue weighted by Crippen LogP contribution is 2.38. The Kier molecular flexibility index (Phi) is 6.80. The van der Waals surface area contributed by atoms with Crippen LogP contribution in [0.2, 0.25) is 0 Å². The second kappa shape index (κ2) is 10.4. The van der Waals surface area contributed by atoms with Gasteiger partial charge in [0.2, 0.25) is 6.79 Å². The summed E-state index contributed by atoms with van der Waals surface area (Å²) in [5, 5.41) is 1.19. The van der Waals surface area contributed by atoms with Gasteiger partial charge in [0.05, 0.1) is 28.5 Å². The summed E-state index contributed by atoms with van der Waals surface area (Å²) in [6.45, 7) is 7.62. The number of aromatic nitrogens is 3. The number of carbonyl (C=O) groups is 1. The number of esters is 1. The molecule has 6 rings (SSSR count). The highest BCUT2D eigenvalue weighted by Gasteiger charge is 2.34. The van der Waals surface area contributed by atoms with Gasteiger partial charge >= 0.3 is 5.97 Å². The van der Waals surface area contributed by atoms with Gasteiger partial charge in [-0.1, -0.05) is 17.4 Å². The zero-order chi connectivity index (χ0) is 28.0. The second-order valence-corrected chi connectivity index (χ2v) is 11.1. The predicted molar refractivity (Wildman–Crippen MR) is 147 cm³/mol. The minimum atomic E-state index is -0.753. The molecule has 10 nitrogen and oxygen atoms in total. The minimum absolute atomic E-state index is 0.111. The van der Waals surface area contributed by atoms with Gasteiger partial charge in [0.15, 0.2) is 26.5 Å². The minimum Gasteiger partial charge on any atom is -0.463 e. The molecular formula is C28H24N4O6S2. The molecule has 0 aliphatic carbocycles. The Bertz CT molecular complexity index is 1850. The van der Waals surface area contributed by atoms with Crippen molar-refractivity contribution in [1.82, 2.24) is 14.5 Å². The molecule has 0 bridgehead atoms. The van der Waals surface area contributed by atoms with E-state index in [4.69, 9.17) is 18.6 Å². The Morgan fingerprint density at radius 3 is 2.67 bits per heavy atom. The molecule has 0 saturated carbocycles. The number of thiazole rings is 1. The lowest BCUT2D eigenvalue weighted by atomic mass is 9.95. The van der Waals surface area contributed by atoms with Gasteiger partial charge in [-0.05, 0) is 75.4 Å². The summed E-state index contributed by atoms with van der Waals surface area (Å²) in [5.74, 6) is 1.12. The number of hydrogen-bond donors (Lipinski definition) is 0. The number of carbonyl (C=O) groups excluding carboxylic acids is 1. The molecule has 0 saturated heterocycles. The molecule has 0 amide bonds. The molecule has 12 heteroatoms. The van der Waals surface area contributed by atoms with Crippen molar-refractivity contribution in [2.45, 2.75) is 44.0 Å². The monoisotopic (exact) mass is 576 g/mol. The number of fused-ring (bicyclic) bond motifs is 2. The largest absolute Gasteiger partial charge is 0.463 e. The molecule has 1 atom stereocenters. The Morgan fingerprint density at radius 2 is 1.90 bits per heavy atom. The molecule has 204 valence electrons. The molecule has 0 fully saturated rings. The van der Waals surface area contributed by atoms with Crippen molar-refractivity contribution >= 4 is 35.1 Å². The number of furan rings is 1. The first kappa shape index (κ1) is 26.1. The average molecular weight is 577 g/mol. The third kappa shape index (κ3) is 4.84. The Labute approximate surface area is 236 Å². The molecule has 0 unspecified atom stereocenters. The van der Waals surface area contributed by atoms with Crippen LogP contribution in [-0.2, 0) is 9.53 Å². The lowest BCUT2D eigenvalue weighted by molar-refractivity contribution is -0.139. The molecule has 0 N–H and O–H groups in total. The number of rotatable bonds is 6. The highest BCUT2D eigenvalue weighted by atomic mass is 32.2. The lowest BCUT2D eigenvalue weighted by Crippen LogP contribution is -2.39. The Morgan fingerprint density at radius 1 is 1.12 bits per heavy atom. The van der Waals surface area contributed by atoms with E-state index in [1.54, 1.807) is 38.1 Å². The maximum atomic E-state index is 13.8. The number of benzene rings is 1. The third-order valence-electron chi connectivity index (χ3n) is 6.26. The van der Waals surface area contributed by atoms with Gasteiger partial charge in [0.25, 0.3) is 5.56 Å². The van der Waals surface area contributed by atoms with Crippen LogP contribution >= 0.6 is 23.1 Å². The van der Waals surface area contributed by atoms with Crippen LogP contribution in [0.1, 0.15) is 42.6 Å². The van der Waals surface area contributed by atoms with E-state index in [9.17, 15) is 9.59 Å². The van der Waals surface area contributed by atoms with Crippen molar-refractivity contribution in [3.05, 3.63) is 90.1 Å². The van der Waals surface area contributed by atoms with Crippen molar-refractivity contribution in [3.63, 3.8) is 0 Å². The molecule has 3 aromatic heterocycles. The molecular weight excluding hydrogens is 552 g/mol. The summed E-state index contributed by atoms with van der Waals surface area (Å²) < 4.78 is 24.3. The topological polar surface area (TPSA) is 118 Å². The quantitative estimate of drug-likeness (QED) is 0.250. The summed E-state index contributed by atoms with van der Waals surface area (Å²) in [6, 6.07) is 10.1. The van der Waals surface area contributed by atoms with Crippen LogP contribution in [0.15, 0.2) is 72.1 Å². The summed E-state index contributed by atoms with van der Waals surface area (Å²) in [5.41, 5.74) is 2.90. The smallest absolute Gasteiger partial charge is 0.338 e. The summed E-state index contributed by atoms with van der Waals surface area (Å²) >= 11 is 2.53. The van der Waals surface area contributed by atoms with Gasteiger partial charge in [-0.2, -0.15) is 0 Å². The number of allylic oxidation sites excluding steroid dienone is 1. The van der Waals surface area contributed by atoms with Gasteiger partial charge in [0, 0.05) is 17.5 Å². The fourth-order valence-corrected chi connectivity index (χ4v) is 6.48. The van der Waals surface area contributed by atoms with Crippen LogP contribution in [0.4, 0.5) is 0 Å². The van der Waals surface area contributed by atoms with E-state index in [0.29, 0.717) is 53.7 Å². The van der Waals surface area contributed by atoms with Crippen LogP contribution in [0.5, 0.6) is 11.5 Å². The Hall–Kier alpha value is -4.16. The third-order valence-corrected chi connectivity index (χ3v) is 8.03. The highest BCUT2D eigenvalue weighted by molar-refractivity contribution is 7.99. The zero-order valence-electron chi connectivity index (χ0n) is 22.1. The second-order valence-electron chi connectivity index (χ2n) is 9.11. The average Bonchev–Trinajstić information content (AvgIpc) is 3.62. The first-order chi connectivity index (χ1) is 19.3. The van der Waals surface area contributed by atoms with Gasteiger partial charge in [-0.25, -0.2) is 19.8 Å². The van der Waals surface area contributed by atoms with Crippen LogP contribution < -0.4 is 24.4 Å². The Balaban J connectivity index is 1.42. The van der Waals surface area contributed by atoms with Crippen LogP contribution in [-0.4, -0.2) is 33.9 Å². The molecule has 2 aliphatic heterocycles. The normalized spacial score (nSPS) is 16.2. The number of nitrogens with zero attached hydrogens (tertiary/aromatic N) is 4. The summed E-state index contributed by atoms with van der Waals surface area (Å²) in [6.07, 6.45) is 1.68. The van der Waals surface area contributed by atoms with Crippen LogP contribution in [0.25, 0.3) is 6.08 Å². The number of hydrogen-bond acceptors (Lipinski definition) is 11. The maximum Gasteiger partial charge on any atom is 0.338 e. The molecule has 4 aromatic rings.